The van der Waals surface area contributed by atoms with Gasteiger partial charge in [0.05, 0.1) is 5.69 Å². The van der Waals surface area contributed by atoms with Gasteiger partial charge in [0, 0.05) is 0 Å². The first-order valence-electron chi connectivity index (χ1n) is 10.0. The topological polar surface area (TPSA) is 104 Å². The molecule has 2 aromatic heterocycles. The number of ether oxygens (including phenoxy) is 2. The fourth-order valence-electron chi connectivity index (χ4n) is 2.78. The van der Waals surface area contributed by atoms with Crippen LogP contribution in [0.25, 0.3) is 11.2 Å². The predicted molar refractivity (Wildman–Crippen MR) is 118 cm³/mol. The molecule has 0 saturated carbocycles. The van der Waals surface area contributed by atoms with Crippen LogP contribution in [0.1, 0.15) is 26.3 Å². The lowest BCUT2D eigenvalue weighted by molar-refractivity contribution is 0.0543. The first-order valence-corrected chi connectivity index (χ1v) is 10.0. The van der Waals surface area contributed by atoms with Gasteiger partial charge in [-0.3, -0.25) is 0 Å². The highest BCUT2D eigenvalue weighted by molar-refractivity contribution is 5.87. The Labute approximate surface area is 184 Å². The molecule has 32 heavy (non-hydrogen) atoms. The van der Waals surface area contributed by atoms with Gasteiger partial charge in [0.15, 0.2) is 11.2 Å². The Morgan fingerprint density at radius 1 is 0.969 bits per heavy atom. The highest BCUT2D eigenvalue weighted by atomic mass is 16.6. The Morgan fingerprint density at radius 2 is 1.66 bits per heavy atom. The van der Waals surface area contributed by atoms with Gasteiger partial charge in [-0.05, 0) is 38.5 Å². The molecule has 0 N–H and O–H groups in total. The minimum absolute atomic E-state index is 0.0368. The molecule has 0 aliphatic heterocycles. The second-order valence-electron chi connectivity index (χ2n) is 7.91. The zero-order valence-electron chi connectivity index (χ0n) is 18.0. The van der Waals surface area contributed by atoms with Crippen LogP contribution in [-0.4, -0.2) is 31.2 Å². The van der Waals surface area contributed by atoms with Gasteiger partial charge >= 0.3 is 6.09 Å². The summed E-state index contributed by atoms with van der Waals surface area (Å²) < 4.78 is 12.6. The number of nitrogens with zero attached hydrogens (tertiary/aromatic N) is 6. The summed E-state index contributed by atoms with van der Waals surface area (Å²) >= 11 is 0. The van der Waals surface area contributed by atoms with E-state index in [1.54, 1.807) is 32.9 Å². The molecular formula is C23H22N6O3. The number of carbonyl (C=O) groups excluding carboxylic acids is 1. The zero-order chi connectivity index (χ0) is 22.6. The Kier molecular flexibility index (Phi) is 5.89. The van der Waals surface area contributed by atoms with Crippen molar-refractivity contribution in [1.82, 2.24) is 19.5 Å². The minimum Gasteiger partial charge on any atom is -0.471 e. The second-order valence-corrected chi connectivity index (χ2v) is 7.91. The number of hydrogen-bond acceptors (Lipinski definition) is 8. The minimum atomic E-state index is -0.677. The van der Waals surface area contributed by atoms with E-state index < -0.39 is 11.7 Å². The van der Waals surface area contributed by atoms with E-state index in [4.69, 9.17) is 9.47 Å². The molecule has 0 aliphatic carbocycles. The van der Waals surface area contributed by atoms with E-state index in [2.05, 4.69) is 25.2 Å². The molecule has 4 rings (SSSR count). The monoisotopic (exact) mass is 430 g/mol. The van der Waals surface area contributed by atoms with Crippen LogP contribution in [-0.2, 0) is 11.3 Å². The van der Waals surface area contributed by atoms with Crippen molar-refractivity contribution >= 4 is 28.9 Å². The molecule has 9 nitrogen and oxygen atoms in total. The van der Waals surface area contributed by atoms with E-state index in [9.17, 15) is 4.79 Å². The van der Waals surface area contributed by atoms with E-state index in [0.717, 1.165) is 5.56 Å². The first kappa shape index (κ1) is 21.1. The van der Waals surface area contributed by atoms with E-state index >= 15 is 0 Å². The molecule has 0 spiro atoms. The van der Waals surface area contributed by atoms with Crippen molar-refractivity contribution in [2.75, 3.05) is 0 Å². The summed E-state index contributed by atoms with van der Waals surface area (Å²) in [5.74, 6) is 0.234. The molecule has 0 radical (unpaired) electrons. The number of benzene rings is 2. The van der Waals surface area contributed by atoms with Crippen molar-refractivity contribution in [2.24, 2.45) is 10.2 Å². The molecule has 0 fully saturated rings. The molecule has 2 heterocycles. The fourth-order valence-corrected chi connectivity index (χ4v) is 2.78. The van der Waals surface area contributed by atoms with Crippen LogP contribution in [0.3, 0.4) is 0 Å². The van der Waals surface area contributed by atoms with Crippen LogP contribution in [0.2, 0.25) is 0 Å². The average molecular weight is 430 g/mol. The maximum atomic E-state index is 12.7. The molecular weight excluding hydrogens is 408 g/mol. The summed E-state index contributed by atoms with van der Waals surface area (Å²) in [6.07, 6.45) is 0.722. The van der Waals surface area contributed by atoms with Crippen LogP contribution in [0.15, 0.2) is 77.2 Å². The van der Waals surface area contributed by atoms with Gasteiger partial charge in [-0.1, -0.05) is 48.5 Å². The number of aromatic nitrogens is 4. The van der Waals surface area contributed by atoms with Gasteiger partial charge in [0.2, 0.25) is 5.88 Å². The third-order valence-electron chi connectivity index (χ3n) is 4.17. The highest BCUT2D eigenvalue weighted by Gasteiger charge is 2.23. The number of imidazole rings is 1. The lowest BCUT2D eigenvalue weighted by Crippen LogP contribution is -2.26. The van der Waals surface area contributed by atoms with Gasteiger partial charge in [-0.25, -0.2) is 14.3 Å². The molecule has 0 aliphatic rings. The molecule has 2 aromatic carbocycles. The molecule has 162 valence electrons. The zero-order valence-corrected chi connectivity index (χ0v) is 18.0. The highest BCUT2D eigenvalue weighted by Crippen LogP contribution is 2.26. The van der Waals surface area contributed by atoms with Crippen molar-refractivity contribution in [3.63, 3.8) is 0 Å². The van der Waals surface area contributed by atoms with Crippen molar-refractivity contribution in [2.45, 2.75) is 33.0 Å². The summed E-state index contributed by atoms with van der Waals surface area (Å²) in [6.45, 7) is 5.62. The van der Waals surface area contributed by atoms with E-state index in [0.29, 0.717) is 11.2 Å². The summed E-state index contributed by atoms with van der Waals surface area (Å²) in [5.41, 5.74) is 1.47. The van der Waals surface area contributed by atoms with Crippen LogP contribution in [0, 0.1) is 0 Å². The SMILES string of the molecule is CC(C)(C)OC(=O)n1cnc2c(OCc3ccccc3)nc(N=Nc3ccccc3)nc21. The number of hydrogen-bond donors (Lipinski definition) is 0. The molecule has 0 saturated heterocycles. The Morgan fingerprint density at radius 3 is 2.34 bits per heavy atom. The Bertz CT molecular complexity index is 1250. The van der Waals surface area contributed by atoms with Gasteiger partial charge in [0.25, 0.3) is 5.95 Å². The van der Waals surface area contributed by atoms with Crippen LogP contribution in [0.5, 0.6) is 5.88 Å². The maximum absolute atomic E-state index is 12.7. The number of rotatable bonds is 5. The Balaban J connectivity index is 1.72. The summed E-state index contributed by atoms with van der Waals surface area (Å²) in [5, 5.41) is 8.29. The maximum Gasteiger partial charge on any atom is 0.421 e. The molecule has 0 unspecified atom stereocenters. The van der Waals surface area contributed by atoms with Crippen LogP contribution in [0.4, 0.5) is 16.4 Å². The number of fused-ring (bicyclic) bond motifs is 1. The number of carbonyl (C=O) groups is 1. The van der Waals surface area contributed by atoms with Crippen LogP contribution >= 0.6 is 0 Å². The quantitative estimate of drug-likeness (QED) is 0.382. The van der Waals surface area contributed by atoms with Crippen molar-refractivity contribution in [1.29, 1.82) is 0 Å². The predicted octanol–water partition coefficient (Wildman–Crippen LogP) is 5.60. The lowest BCUT2D eigenvalue weighted by Gasteiger charge is -2.19. The smallest absolute Gasteiger partial charge is 0.421 e. The second kappa shape index (κ2) is 8.93. The lowest BCUT2D eigenvalue weighted by atomic mass is 10.2. The Hall–Kier alpha value is -4.14. The van der Waals surface area contributed by atoms with Gasteiger partial charge < -0.3 is 9.47 Å². The van der Waals surface area contributed by atoms with Crippen LogP contribution < -0.4 is 4.74 Å². The molecule has 0 amide bonds. The summed E-state index contributed by atoms with van der Waals surface area (Å²) in [4.78, 5) is 25.7. The molecule has 9 heteroatoms. The standard InChI is InChI=1S/C23H22N6O3/c1-23(2,3)32-22(30)29-15-24-18-19(29)25-21(28-27-17-12-8-5-9-13-17)26-20(18)31-14-16-10-6-4-7-11-16/h4-13,15H,14H2,1-3H3. The molecule has 0 atom stereocenters. The molecule has 4 aromatic rings. The van der Waals surface area contributed by atoms with Crippen molar-refractivity contribution in [3.05, 3.63) is 72.6 Å². The largest absolute Gasteiger partial charge is 0.471 e. The first-order chi connectivity index (χ1) is 15.4. The fraction of sp³-hybridized carbons (Fsp3) is 0.217. The summed E-state index contributed by atoms with van der Waals surface area (Å²) in [7, 11) is 0. The van der Waals surface area contributed by atoms with Crippen molar-refractivity contribution < 1.29 is 14.3 Å². The van der Waals surface area contributed by atoms with Gasteiger partial charge in [-0.15, -0.1) is 10.2 Å². The van der Waals surface area contributed by atoms with Gasteiger partial charge in [-0.2, -0.15) is 9.97 Å². The normalized spacial score (nSPS) is 11.7. The van der Waals surface area contributed by atoms with E-state index in [-0.39, 0.29) is 24.1 Å². The molecule has 0 bridgehead atoms. The number of azo groups is 1. The van der Waals surface area contributed by atoms with Gasteiger partial charge in [0.1, 0.15) is 18.5 Å². The van der Waals surface area contributed by atoms with E-state index in [1.165, 1.54) is 10.9 Å². The average Bonchev–Trinajstić information content (AvgIpc) is 3.21. The van der Waals surface area contributed by atoms with Crippen molar-refractivity contribution in [3.8, 4) is 5.88 Å². The third kappa shape index (κ3) is 5.12. The van der Waals surface area contributed by atoms with E-state index in [1.807, 2.05) is 48.5 Å². The summed E-state index contributed by atoms with van der Waals surface area (Å²) in [6, 6.07) is 18.8. The third-order valence-corrected chi connectivity index (χ3v) is 4.17.